The number of ether oxygens (including phenoxy) is 4. The van der Waals surface area contributed by atoms with Crippen LogP contribution in [0.1, 0.15) is 60.1 Å². The molecule has 240 valence electrons. The highest BCUT2D eigenvalue weighted by Gasteiger charge is 2.02. The molecule has 6 nitrogen and oxygen atoms in total. The standard InChI is InChI=1S/C40H38O6S/c1-3-39(41)45-27-9-5-7-25-43-35-19-13-31(14-20-35)11-12-33-18-24-38-34(29-33)30-37(47-38)23-17-32-15-21-36(22-16-32)44-26-8-6-10-28-46-40(42)4-2/h3-4,13-16,18-22,24,29-30H,1-2,5-10,25-28H2. The molecule has 0 spiro atoms. The van der Waals surface area contributed by atoms with Crippen LogP contribution in [0.5, 0.6) is 11.5 Å². The van der Waals surface area contributed by atoms with Gasteiger partial charge in [0.05, 0.1) is 31.3 Å². The van der Waals surface area contributed by atoms with E-state index in [0.29, 0.717) is 26.4 Å². The van der Waals surface area contributed by atoms with Crippen LogP contribution in [0.4, 0.5) is 0 Å². The molecule has 0 amide bonds. The van der Waals surface area contributed by atoms with Crippen LogP contribution in [-0.4, -0.2) is 38.4 Å². The molecule has 0 unspecified atom stereocenters. The normalized spacial score (nSPS) is 10.1. The van der Waals surface area contributed by atoms with Gasteiger partial charge in [-0.2, -0.15) is 0 Å². The first-order valence-corrected chi connectivity index (χ1v) is 16.5. The van der Waals surface area contributed by atoms with Gasteiger partial charge in [-0.15, -0.1) is 11.3 Å². The summed E-state index contributed by atoms with van der Waals surface area (Å²) >= 11 is 1.66. The molecule has 4 aromatic rings. The lowest BCUT2D eigenvalue weighted by molar-refractivity contribution is -0.138. The van der Waals surface area contributed by atoms with E-state index in [2.05, 4.69) is 55.0 Å². The Morgan fingerprint density at radius 3 is 1.57 bits per heavy atom. The van der Waals surface area contributed by atoms with Crippen LogP contribution in [0, 0.1) is 23.7 Å². The van der Waals surface area contributed by atoms with Gasteiger partial charge in [0.1, 0.15) is 11.5 Å². The summed E-state index contributed by atoms with van der Waals surface area (Å²) in [4.78, 5) is 23.1. The predicted octanol–water partition coefficient (Wildman–Crippen LogP) is 8.26. The molecule has 0 aliphatic rings. The minimum atomic E-state index is -0.384. The summed E-state index contributed by atoms with van der Waals surface area (Å²) in [6.45, 7) is 8.79. The fourth-order valence-electron chi connectivity index (χ4n) is 4.34. The number of carbonyl (C=O) groups excluding carboxylic acids is 2. The van der Waals surface area contributed by atoms with Gasteiger partial charge in [0, 0.05) is 33.5 Å². The lowest BCUT2D eigenvalue weighted by atomic mass is 10.1. The Hall–Kier alpha value is -5.24. The highest BCUT2D eigenvalue weighted by molar-refractivity contribution is 7.19. The third-order valence-corrected chi connectivity index (χ3v) is 7.87. The molecule has 0 aliphatic heterocycles. The molecule has 0 bridgehead atoms. The molecule has 1 heterocycles. The number of benzene rings is 3. The minimum Gasteiger partial charge on any atom is -0.494 e. The van der Waals surface area contributed by atoms with E-state index in [1.54, 1.807) is 11.3 Å². The van der Waals surface area contributed by atoms with Crippen LogP contribution in [0.3, 0.4) is 0 Å². The van der Waals surface area contributed by atoms with Crippen LogP contribution in [0.15, 0.2) is 98.1 Å². The van der Waals surface area contributed by atoms with Crippen molar-refractivity contribution in [2.45, 2.75) is 38.5 Å². The number of esters is 2. The Morgan fingerprint density at radius 1 is 0.574 bits per heavy atom. The van der Waals surface area contributed by atoms with Crippen LogP contribution >= 0.6 is 11.3 Å². The van der Waals surface area contributed by atoms with Crippen molar-refractivity contribution in [3.8, 4) is 35.2 Å². The van der Waals surface area contributed by atoms with Crippen molar-refractivity contribution in [2.24, 2.45) is 0 Å². The molecule has 1 aromatic heterocycles. The van der Waals surface area contributed by atoms with E-state index in [4.69, 9.17) is 18.9 Å². The summed E-state index contributed by atoms with van der Waals surface area (Å²) in [6, 6.07) is 23.9. The predicted molar refractivity (Wildman–Crippen MR) is 188 cm³/mol. The second-order valence-electron chi connectivity index (χ2n) is 10.5. The highest BCUT2D eigenvalue weighted by atomic mass is 32.1. The fraction of sp³-hybridized carbons (Fsp3) is 0.250. The zero-order chi connectivity index (χ0) is 33.1. The maximum absolute atomic E-state index is 11.0. The lowest BCUT2D eigenvalue weighted by Gasteiger charge is -2.06. The van der Waals surface area contributed by atoms with Crippen molar-refractivity contribution in [1.82, 2.24) is 0 Å². The molecule has 0 radical (unpaired) electrons. The number of rotatable bonds is 16. The quantitative estimate of drug-likeness (QED) is 0.0529. The van der Waals surface area contributed by atoms with Crippen molar-refractivity contribution >= 4 is 33.4 Å². The van der Waals surface area contributed by atoms with Crippen molar-refractivity contribution in [1.29, 1.82) is 0 Å². The average Bonchev–Trinajstić information content (AvgIpc) is 3.52. The smallest absolute Gasteiger partial charge is 0.330 e. The zero-order valence-corrected chi connectivity index (χ0v) is 27.2. The molecule has 3 aromatic carbocycles. The van der Waals surface area contributed by atoms with Crippen molar-refractivity contribution in [2.75, 3.05) is 26.4 Å². The van der Waals surface area contributed by atoms with Crippen molar-refractivity contribution in [3.05, 3.63) is 120 Å². The SMILES string of the molecule is C=CC(=O)OCCCCCOc1ccc(C#Cc2ccc3sc(C#Cc4ccc(OCCCCCOC(=O)C=C)cc4)cc3c2)cc1. The molecule has 0 saturated heterocycles. The van der Waals surface area contributed by atoms with E-state index in [9.17, 15) is 9.59 Å². The van der Waals surface area contributed by atoms with Gasteiger partial charge in [0.15, 0.2) is 0 Å². The number of carbonyl (C=O) groups is 2. The number of unbranched alkanes of at least 4 members (excludes halogenated alkanes) is 4. The number of fused-ring (bicyclic) bond motifs is 1. The zero-order valence-electron chi connectivity index (χ0n) is 26.4. The Balaban J connectivity index is 1.20. The molecule has 0 N–H and O–H groups in total. The van der Waals surface area contributed by atoms with Crippen molar-refractivity contribution in [3.63, 3.8) is 0 Å². The summed E-state index contributed by atoms with van der Waals surface area (Å²) in [7, 11) is 0. The van der Waals surface area contributed by atoms with E-state index >= 15 is 0 Å². The van der Waals surface area contributed by atoms with Crippen LogP contribution < -0.4 is 9.47 Å². The molecule has 7 heteroatoms. The van der Waals surface area contributed by atoms with Gasteiger partial charge < -0.3 is 18.9 Å². The number of hydrogen-bond acceptors (Lipinski definition) is 7. The minimum absolute atomic E-state index is 0.384. The monoisotopic (exact) mass is 646 g/mol. The molecule has 4 rings (SSSR count). The lowest BCUT2D eigenvalue weighted by Crippen LogP contribution is -2.03. The number of hydrogen-bond donors (Lipinski definition) is 0. The van der Waals surface area contributed by atoms with Gasteiger partial charge in [-0.05, 0) is 117 Å². The van der Waals surface area contributed by atoms with Gasteiger partial charge in [-0.3, -0.25) is 0 Å². The molecule has 0 saturated carbocycles. The van der Waals surface area contributed by atoms with E-state index in [1.807, 2.05) is 54.6 Å². The van der Waals surface area contributed by atoms with E-state index in [0.717, 1.165) is 77.0 Å². The molecule has 0 atom stereocenters. The summed E-state index contributed by atoms with van der Waals surface area (Å²) in [5, 5.41) is 1.12. The second-order valence-corrected chi connectivity index (χ2v) is 11.6. The Bertz CT molecular complexity index is 1670. The summed E-state index contributed by atoms with van der Waals surface area (Å²) in [5.74, 6) is 13.9. The third kappa shape index (κ3) is 12.6. The van der Waals surface area contributed by atoms with Gasteiger partial charge in [0.25, 0.3) is 0 Å². The molecule has 0 fully saturated rings. The van der Waals surface area contributed by atoms with Crippen molar-refractivity contribution < 1.29 is 28.5 Å². The van der Waals surface area contributed by atoms with Crippen LogP contribution in [-0.2, 0) is 19.1 Å². The molecular formula is C40H38O6S. The molecule has 47 heavy (non-hydrogen) atoms. The first-order valence-electron chi connectivity index (χ1n) is 15.6. The fourth-order valence-corrected chi connectivity index (χ4v) is 5.23. The summed E-state index contributed by atoms with van der Waals surface area (Å²) in [6.07, 6.45) is 7.57. The number of thiophene rings is 1. The van der Waals surface area contributed by atoms with Crippen LogP contribution in [0.25, 0.3) is 10.1 Å². The first kappa shape index (κ1) is 34.6. The Morgan fingerprint density at radius 2 is 1.04 bits per heavy atom. The van der Waals surface area contributed by atoms with Crippen LogP contribution in [0.2, 0.25) is 0 Å². The van der Waals surface area contributed by atoms with E-state index in [-0.39, 0.29) is 11.9 Å². The van der Waals surface area contributed by atoms with Gasteiger partial charge >= 0.3 is 11.9 Å². The van der Waals surface area contributed by atoms with Gasteiger partial charge in [0.2, 0.25) is 0 Å². The first-order chi connectivity index (χ1) is 23.0. The highest BCUT2D eigenvalue weighted by Crippen LogP contribution is 2.26. The topological polar surface area (TPSA) is 71.1 Å². The average molecular weight is 647 g/mol. The maximum atomic E-state index is 11.0. The summed E-state index contributed by atoms with van der Waals surface area (Å²) < 4.78 is 22.7. The third-order valence-electron chi connectivity index (χ3n) is 6.84. The molecular weight excluding hydrogens is 609 g/mol. The Labute approximate surface area is 281 Å². The van der Waals surface area contributed by atoms with Gasteiger partial charge in [-0.25, -0.2) is 9.59 Å². The molecule has 0 aliphatic carbocycles. The van der Waals surface area contributed by atoms with E-state index < -0.39 is 0 Å². The summed E-state index contributed by atoms with van der Waals surface area (Å²) in [5.41, 5.74) is 2.78. The maximum Gasteiger partial charge on any atom is 0.330 e. The largest absolute Gasteiger partial charge is 0.494 e. The second kappa shape index (κ2) is 19.3. The van der Waals surface area contributed by atoms with E-state index in [1.165, 1.54) is 16.9 Å². The van der Waals surface area contributed by atoms with Gasteiger partial charge in [-0.1, -0.05) is 36.8 Å². The Kier molecular flexibility index (Phi) is 14.2.